The number of aromatic nitrogens is 3. The fraction of sp³-hybridized carbons (Fsp3) is 0.231. The van der Waals surface area contributed by atoms with E-state index in [1.165, 1.54) is 6.33 Å². The van der Waals surface area contributed by atoms with Crippen LogP contribution >= 0.6 is 12.2 Å². The van der Waals surface area contributed by atoms with E-state index in [2.05, 4.69) is 19.9 Å². The van der Waals surface area contributed by atoms with E-state index in [-0.39, 0.29) is 0 Å². The highest BCUT2D eigenvalue weighted by atomic mass is 32.1. The molecule has 6 heteroatoms. The topological polar surface area (TPSA) is 67.9 Å². The number of thiocarbonyl (C=S) groups is 1. The van der Waals surface area contributed by atoms with E-state index in [1.54, 1.807) is 12.4 Å². The second kappa shape index (κ2) is 6.75. The van der Waals surface area contributed by atoms with Crippen LogP contribution in [0.25, 0.3) is 0 Å². The van der Waals surface area contributed by atoms with Crippen molar-refractivity contribution < 1.29 is 0 Å². The van der Waals surface area contributed by atoms with Crippen LogP contribution in [-0.4, -0.2) is 26.5 Å². The molecule has 2 heterocycles. The van der Waals surface area contributed by atoms with Crippen LogP contribution in [0.15, 0.2) is 43.1 Å². The molecule has 0 amide bonds. The average Bonchev–Trinajstić information content (AvgIpc) is 2.45. The van der Waals surface area contributed by atoms with E-state index < -0.39 is 0 Å². The molecule has 0 saturated heterocycles. The highest BCUT2D eigenvalue weighted by Gasteiger charge is 2.09. The minimum atomic E-state index is 0.505. The first-order valence-corrected chi connectivity index (χ1v) is 6.34. The number of rotatable bonds is 6. The summed E-state index contributed by atoms with van der Waals surface area (Å²) in [6.07, 6.45) is 7.51. The van der Waals surface area contributed by atoms with Crippen LogP contribution in [-0.2, 0) is 6.54 Å². The van der Waals surface area contributed by atoms with Crippen molar-refractivity contribution in [3.63, 3.8) is 0 Å². The Morgan fingerprint density at radius 3 is 2.79 bits per heavy atom. The molecule has 0 unspecified atom stereocenters. The van der Waals surface area contributed by atoms with E-state index in [9.17, 15) is 0 Å². The Kier molecular flexibility index (Phi) is 4.74. The molecular weight excluding hydrogens is 258 g/mol. The summed E-state index contributed by atoms with van der Waals surface area (Å²) >= 11 is 4.93. The molecule has 5 nitrogen and oxygen atoms in total. The summed E-state index contributed by atoms with van der Waals surface area (Å²) in [5, 5.41) is 0. The van der Waals surface area contributed by atoms with Gasteiger partial charge < -0.3 is 10.6 Å². The first-order valence-electron chi connectivity index (χ1n) is 5.94. The Hall–Kier alpha value is -2.08. The zero-order chi connectivity index (χ0) is 13.5. The molecule has 0 bridgehead atoms. The standard InChI is InChI=1S/C13H15N5S/c14-12(19)4-7-18(13-3-6-16-10-17-13)9-11-2-1-5-15-8-11/h1-3,5-6,8,10H,4,7,9H2,(H2,14,19). The summed E-state index contributed by atoms with van der Waals surface area (Å²) in [6, 6.07) is 5.82. The number of anilines is 1. The molecule has 0 aliphatic heterocycles. The van der Waals surface area contributed by atoms with Crippen LogP contribution in [0.3, 0.4) is 0 Å². The summed E-state index contributed by atoms with van der Waals surface area (Å²) in [5.74, 6) is 0.857. The molecule has 2 aromatic rings. The van der Waals surface area contributed by atoms with Crippen molar-refractivity contribution in [3.8, 4) is 0 Å². The van der Waals surface area contributed by atoms with E-state index in [1.807, 2.05) is 24.4 Å². The number of nitrogens with two attached hydrogens (primary N) is 1. The van der Waals surface area contributed by atoms with Crippen molar-refractivity contribution >= 4 is 23.0 Å². The third-order valence-corrected chi connectivity index (χ3v) is 2.82. The molecule has 0 atom stereocenters. The molecule has 0 saturated carbocycles. The SMILES string of the molecule is NC(=S)CCN(Cc1cccnc1)c1ccncn1. The van der Waals surface area contributed by atoms with Gasteiger partial charge in [0.05, 0.1) is 4.99 Å². The predicted molar refractivity (Wildman–Crippen MR) is 78.7 cm³/mol. The molecule has 0 fully saturated rings. The van der Waals surface area contributed by atoms with Gasteiger partial charge in [0.15, 0.2) is 0 Å². The van der Waals surface area contributed by atoms with Crippen molar-refractivity contribution in [1.29, 1.82) is 0 Å². The Morgan fingerprint density at radius 1 is 1.26 bits per heavy atom. The van der Waals surface area contributed by atoms with Gasteiger partial charge in [-0.25, -0.2) is 9.97 Å². The molecule has 19 heavy (non-hydrogen) atoms. The average molecular weight is 273 g/mol. The van der Waals surface area contributed by atoms with Crippen LogP contribution in [0.5, 0.6) is 0 Å². The van der Waals surface area contributed by atoms with Crippen molar-refractivity contribution in [2.45, 2.75) is 13.0 Å². The van der Waals surface area contributed by atoms with E-state index in [0.29, 0.717) is 18.0 Å². The molecule has 2 aromatic heterocycles. The lowest BCUT2D eigenvalue weighted by atomic mass is 10.2. The van der Waals surface area contributed by atoms with Gasteiger partial charge in [0.2, 0.25) is 0 Å². The number of hydrogen-bond acceptors (Lipinski definition) is 5. The minimum Gasteiger partial charge on any atom is -0.393 e. The first-order chi connectivity index (χ1) is 9.25. The van der Waals surface area contributed by atoms with Gasteiger partial charge in [-0.2, -0.15) is 0 Å². The maximum Gasteiger partial charge on any atom is 0.132 e. The number of nitrogens with zero attached hydrogens (tertiary/aromatic N) is 4. The molecule has 0 aliphatic rings. The molecule has 98 valence electrons. The third kappa shape index (κ3) is 4.26. The second-order valence-corrected chi connectivity index (χ2v) is 4.59. The smallest absolute Gasteiger partial charge is 0.132 e. The molecular formula is C13H15N5S. The maximum absolute atomic E-state index is 5.57. The zero-order valence-corrected chi connectivity index (χ0v) is 11.3. The van der Waals surface area contributed by atoms with Gasteiger partial charge in [-0.1, -0.05) is 18.3 Å². The van der Waals surface area contributed by atoms with Gasteiger partial charge in [0.1, 0.15) is 12.1 Å². The van der Waals surface area contributed by atoms with Crippen LogP contribution in [0.4, 0.5) is 5.82 Å². The number of pyridine rings is 1. The Labute approximate surface area is 117 Å². The van der Waals surface area contributed by atoms with E-state index in [4.69, 9.17) is 18.0 Å². The summed E-state index contributed by atoms with van der Waals surface area (Å²) in [7, 11) is 0. The zero-order valence-electron chi connectivity index (χ0n) is 10.4. The third-order valence-electron chi connectivity index (χ3n) is 2.61. The normalized spacial score (nSPS) is 10.1. The van der Waals surface area contributed by atoms with Crippen molar-refractivity contribution in [2.24, 2.45) is 5.73 Å². The first kappa shape index (κ1) is 13.4. The predicted octanol–water partition coefficient (Wildman–Crippen LogP) is 1.55. The number of hydrogen-bond donors (Lipinski definition) is 1. The van der Waals surface area contributed by atoms with Gasteiger partial charge in [-0.15, -0.1) is 0 Å². The van der Waals surface area contributed by atoms with Crippen LogP contribution < -0.4 is 10.6 Å². The minimum absolute atomic E-state index is 0.505. The summed E-state index contributed by atoms with van der Waals surface area (Å²) < 4.78 is 0. The molecule has 0 radical (unpaired) electrons. The Balaban J connectivity index is 2.12. The quantitative estimate of drug-likeness (QED) is 0.806. The van der Waals surface area contributed by atoms with Crippen molar-refractivity contribution in [3.05, 3.63) is 48.7 Å². The van der Waals surface area contributed by atoms with Gasteiger partial charge in [0.25, 0.3) is 0 Å². The monoisotopic (exact) mass is 273 g/mol. The Bertz CT molecular complexity index is 517. The second-order valence-electron chi connectivity index (χ2n) is 4.07. The lowest BCUT2D eigenvalue weighted by Crippen LogP contribution is -2.27. The summed E-state index contributed by atoms with van der Waals surface area (Å²) in [4.78, 5) is 14.9. The van der Waals surface area contributed by atoms with Gasteiger partial charge in [-0.05, 0) is 17.7 Å². The van der Waals surface area contributed by atoms with Crippen LogP contribution in [0, 0.1) is 0 Å². The summed E-state index contributed by atoms with van der Waals surface area (Å²) in [5.41, 5.74) is 6.69. The maximum atomic E-state index is 5.57. The fourth-order valence-electron chi connectivity index (χ4n) is 1.70. The lowest BCUT2D eigenvalue weighted by molar-refractivity contribution is 0.785. The molecule has 2 rings (SSSR count). The lowest BCUT2D eigenvalue weighted by Gasteiger charge is -2.23. The molecule has 0 aliphatic carbocycles. The van der Waals surface area contributed by atoms with Crippen molar-refractivity contribution in [1.82, 2.24) is 15.0 Å². The Morgan fingerprint density at radius 2 is 2.16 bits per heavy atom. The van der Waals surface area contributed by atoms with Gasteiger partial charge >= 0.3 is 0 Å². The van der Waals surface area contributed by atoms with Crippen LogP contribution in [0.2, 0.25) is 0 Å². The highest BCUT2D eigenvalue weighted by Crippen LogP contribution is 2.13. The van der Waals surface area contributed by atoms with Gasteiger partial charge in [-0.3, -0.25) is 4.98 Å². The molecule has 0 aromatic carbocycles. The molecule has 0 spiro atoms. The fourth-order valence-corrected chi connectivity index (χ4v) is 1.79. The van der Waals surface area contributed by atoms with Gasteiger partial charge in [0, 0.05) is 38.1 Å². The molecule has 2 N–H and O–H groups in total. The summed E-state index contributed by atoms with van der Waals surface area (Å²) in [6.45, 7) is 1.44. The van der Waals surface area contributed by atoms with Crippen LogP contribution in [0.1, 0.15) is 12.0 Å². The van der Waals surface area contributed by atoms with E-state index in [0.717, 1.165) is 17.9 Å². The van der Waals surface area contributed by atoms with E-state index >= 15 is 0 Å². The van der Waals surface area contributed by atoms with Crippen molar-refractivity contribution in [2.75, 3.05) is 11.4 Å². The largest absolute Gasteiger partial charge is 0.393 e. The highest BCUT2D eigenvalue weighted by molar-refractivity contribution is 7.80.